The molecule has 2 aromatic carbocycles. The summed E-state index contributed by atoms with van der Waals surface area (Å²) in [7, 11) is 3.10. The predicted octanol–water partition coefficient (Wildman–Crippen LogP) is 2.42. The molecule has 3 aromatic rings. The van der Waals surface area contributed by atoms with Crippen molar-refractivity contribution in [3.8, 4) is 11.5 Å². The molecule has 0 atom stereocenters. The molecule has 0 unspecified atom stereocenters. The van der Waals surface area contributed by atoms with Crippen LogP contribution >= 0.6 is 0 Å². The zero-order chi connectivity index (χ0) is 20.1. The lowest BCUT2D eigenvalue weighted by molar-refractivity contribution is -0.121. The molecule has 1 heterocycles. The van der Waals surface area contributed by atoms with Crippen LogP contribution in [0.25, 0.3) is 11.1 Å². The minimum atomic E-state index is -0.575. The predicted molar refractivity (Wildman–Crippen MR) is 102 cm³/mol. The van der Waals surface area contributed by atoms with E-state index < -0.39 is 5.76 Å². The summed E-state index contributed by atoms with van der Waals surface area (Å²) < 4.78 is 15.4. The molecule has 8 heteroatoms. The molecule has 0 radical (unpaired) electrons. The minimum absolute atomic E-state index is 0.0535. The second-order valence-corrected chi connectivity index (χ2v) is 6.11. The number of methoxy groups -OCH3 is 2. The number of aromatic nitrogens is 1. The molecule has 1 amide bonds. The Morgan fingerprint density at radius 3 is 2.57 bits per heavy atom. The van der Waals surface area contributed by atoms with Crippen molar-refractivity contribution in [3.63, 3.8) is 0 Å². The number of carbonyl (C=O) groups is 2. The van der Waals surface area contributed by atoms with E-state index in [2.05, 4.69) is 10.3 Å². The number of fused-ring (bicyclic) bond motifs is 1. The van der Waals surface area contributed by atoms with Gasteiger partial charge in [0.1, 0.15) is 0 Å². The Bertz CT molecular complexity index is 1070. The molecule has 28 heavy (non-hydrogen) atoms. The lowest BCUT2D eigenvalue weighted by Crippen LogP contribution is -2.23. The molecule has 0 aliphatic carbocycles. The van der Waals surface area contributed by atoms with E-state index in [1.807, 2.05) is 6.07 Å². The van der Waals surface area contributed by atoms with Crippen LogP contribution in [-0.4, -0.2) is 30.9 Å². The van der Waals surface area contributed by atoms with Crippen LogP contribution in [0.3, 0.4) is 0 Å². The van der Waals surface area contributed by atoms with Crippen LogP contribution in [0.5, 0.6) is 11.5 Å². The van der Waals surface area contributed by atoms with E-state index in [9.17, 15) is 14.4 Å². The lowest BCUT2D eigenvalue weighted by Gasteiger charge is -2.10. The fraction of sp³-hybridized carbons (Fsp3) is 0.250. The van der Waals surface area contributed by atoms with E-state index in [-0.39, 0.29) is 24.5 Å². The molecule has 0 saturated heterocycles. The highest BCUT2D eigenvalue weighted by Crippen LogP contribution is 2.27. The Morgan fingerprint density at radius 1 is 1.04 bits per heavy atom. The topological polar surface area (TPSA) is 111 Å². The SMILES string of the molecule is COc1ccc(CNC(=O)CCC(=O)c2ccc3[nH]c(=O)oc3c2)cc1OC. The van der Waals surface area contributed by atoms with E-state index in [4.69, 9.17) is 13.9 Å². The minimum Gasteiger partial charge on any atom is -0.493 e. The molecule has 3 rings (SSSR count). The molecule has 0 aliphatic rings. The third-order valence-electron chi connectivity index (χ3n) is 4.26. The normalized spacial score (nSPS) is 10.6. The largest absolute Gasteiger partial charge is 0.493 e. The van der Waals surface area contributed by atoms with E-state index >= 15 is 0 Å². The highest BCUT2D eigenvalue weighted by Gasteiger charge is 2.12. The smallest absolute Gasteiger partial charge is 0.417 e. The van der Waals surface area contributed by atoms with Gasteiger partial charge in [0.25, 0.3) is 0 Å². The van der Waals surface area contributed by atoms with Gasteiger partial charge in [-0.2, -0.15) is 0 Å². The number of ketones is 1. The van der Waals surface area contributed by atoms with E-state index in [1.165, 1.54) is 6.07 Å². The number of nitrogens with one attached hydrogen (secondary N) is 2. The third-order valence-corrected chi connectivity index (χ3v) is 4.26. The monoisotopic (exact) mass is 384 g/mol. The van der Waals surface area contributed by atoms with Gasteiger partial charge in [0.05, 0.1) is 19.7 Å². The first-order valence-corrected chi connectivity index (χ1v) is 8.64. The van der Waals surface area contributed by atoms with Crippen molar-refractivity contribution in [2.45, 2.75) is 19.4 Å². The van der Waals surface area contributed by atoms with Crippen molar-refractivity contribution in [2.24, 2.45) is 0 Å². The number of aromatic amines is 1. The van der Waals surface area contributed by atoms with Crippen molar-refractivity contribution in [1.82, 2.24) is 10.3 Å². The van der Waals surface area contributed by atoms with Crippen molar-refractivity contribution >= 4 is 22.8 Å². The van der Waals surface area contributed by atoms with Gasteiger partial charge in [0.2, 0.25) is 5.91 Å². The summed E-state index contributed by atoms with van der Waals surface area (Å²) in [5.74, 6) is 0.174. The summed E-state index contributed by atoms with van der Waals surface area (Å²) >= 11 is 0. The Balaban J connectivity index is 1.53. The van der Waals surface area contributed by atoms with Crippen molar-refractivity contribution in [3.05, 3.63) is 58.1 Å². The van der Waals surface area contributed by atoms with Gasteiger partial charge in [-0.05, 0) is 35.9 Å². The number of H-pyrrole nitrogens is 1. The summed E-state index contributed by atoms with van der Waals surface area (Å²) in [5, 5.41) is 2.78. The first-order valence-electron chi connectivity index (χ1n) is 8.64. The van der Waals surface area contributed by atoms with Crippen LogP contribution in [-0.2, 0) is 11.3 Å². The fourth-order valence-corrected chi connectivity index (χ4v) is 2.77. The number of hydrogen-bond donors (Lipinski definition) is 2. The second kappa shape index (κ2) is 8.43. The van der Waals surface area contributed by atoms with Gasteiger partial charge in [-0.15, -0.1) is 0 Å². The summed E-state index contributed by atoms with van der Waals surface area (Å²) in [5.41, 5.74) is 2.08. The molecule has 0 fully saturated rings. The van der Waals surface area contributed by atoms with Gasteiger partial charge >= 0.3 is 5.76 Å². The molecule has 0 aliphatic heterocycles. The van der Waals surface area contributed by atoms with Crippen LogP contribution in [0.1, 0.15) is 28.8 Å². The molecule has 0 saturated carbocycles. The molecular formula is C20H20N2O6. The molecule has 0 spiro atoms. The molecule has 146 valence electrons. The van der Waals surface area contributed by atoms with Crippen molar-refractivity contribution in [2.75, 3.05) is 14.2 Å². The molecule has 2 N–H and O–H groups in total. The lowest BCUT2D eigenvalue weighted by atomic mass is 10.1. The first kappa shape index (κ1) is 19.2. The maximum atomic E-state index is 12.3. The average molecular weight is 384 g/mol. The van der Waals surface area contributed by atoms with Gasteiger partial charge in [0.15, 0.2) is 22.9 Å². The molecule has 8 nitrogen and oxygen atoms in total. The van der Waals surface area contributed by atoms with Crippen LogP contribution < -0.4 is 20.5 Å². The van der Waals surface area contributed by atoms with Gasteiger partial charge in [-0.3, -0.25) is 14.6 Å². The fourth-order valence-electron chi connectivity index (χ4n) is 2.77. The molecular weight excluding hydrogens is 364 g/mol. The quantitative estimate of drug-likeness (QED) is 0.577. The van der Waals surface area contributed by atoms with Crippen molar-refractivity contribution in [1.29, 1.82) is 0 Å². The van der Waals surface area contributed by atoms with Crippen LogP contribution in [0.4, 0.5) is 0 Å². The maximum absolute atomic E-state index is 12.3. The molecule has 0 bridgehead atoms. The number of hydrogen-bond acceptors (Lipinski definition) is 6. The standard InChI is InChI=1S/C20H20N2O6/c1-26-16-7-3-12(9-18(16)27-2)11-21-19(24)8-6-15(23)13-4-5-14-17(10-13)28-20(25)22-14/h3-5,7,9-10H,6,8,11H2,1-2H3,(H,21,24)(H,22,25). The highest BCUT2D eigenvalue weighted by molar-refractivity contribution is 6.00. The third kappa shape index (κ3) is 4.40. The number of benzene rings is 2. The summed E-state index contributed by atoms with van der Waals surface area (Å²) in [6.45, 7) is 0.313. The summed E-state index contributed by atoms with van der Waals surface area (Å²) in [6, 6.07) is 10.1. The number of ether oxygens (including phenoxy) is 2. The number of Topliss-reactive ketones (excluding diaryl/α,β-unsaturated/α-hetero) is 1. The van der Waals surface area contributed by atoms with E-state index in [0.717, 1.165) is 5.56 Å². The Hall–Kier alpha value is -3.55. The van der Waals surface area contributed by atoms with Gasteiger partial charge in [-0.25, -0.2) is 4.79 Å². The number of rotatable bonds is 8. The highest BCUT2D eigenvalue weighted by atomic mass is 16.5. The van der Waals surface area contributed by atoms with Crippen molar-refractivity contribution < 1.29 is 23.5 Å². The van der Waals surface area contributed by atoms with Crippen LogP contribution in [0.15, 0.2) is 45.6 Å². The zero-order valence-corrected chi connectivity index (χ0v) is 15.5. The average Bonchev–Trinajstić information content (AvgIpc) is 3.09. The Kier molecular flexibility index (Phi) is 5.78. The van der Waals surface area contributed by atoms with Crippen LogP contribution in [0, 0.1) is 0 Å². The maximum Gasteiger partial charge on any atom is 0.417 e. The van der Waals surface area contributed by atoms with Gasteiger partial charge in [-0.1, -0.05) is 6.07 Å². The Labute approximate surface area is 160 Å². The number of oxazole rings is 1. The molecule has 1 aromatic heterocycles. The van der Waals surface area contributed by atoms with E-state index in [1.54, 1.807) is 38.5 Å². The zero-order valence-electron chi connectivity index (χ0n) is 15.5. The van der Waals surface area contributed by atoms with Crippen LogP contribution in [0.2, 0.25) is 0 Å². The van der Waals surface area contributed by atoms with E-state index in [0.29, 0.717) is 34.7 Å². The number of amides is 1. The second-order valence-electron chi connectivity index (χ2n) is 6.11. The van der Waals surface area contributed by atoms with Gasteiger partial charge < -0.3 is 19.2 Å². The summed E-state index contributed by atoms with van der Waals surface area (Å²) in [6.07, 6.45) is 0.110. The first-order chi connectivity index (χ1) is 13.5. The Morgan fingerprint density at radius 2 is 1.82 bits per heavy atom. The van der Waals surface area contributed by atoms with Gasteiger partial charge in [0, 0.05) is 24.9 Å². The summed E-state index contributed by atoms with van der Waals surface area (Å²) in [4.78, 5) is 38.0. The number of carbonyl (C=O) groups excluding carboxylic acids is 2.